The Hall–Kier alpha value is -1.65. The highest BCUT2D eigenvalue weighted by molar-refractivity contribution is 9.10. The Balaban J connectivity index is 1.51. The summed E-state index contributed by atoms with van der Waals surface area (Å²) in [4.78, 5) is 14.9. The van der Waals surface area contributed by atoms with E-state index >= 15 is 0 Å². The molecule has 1 amide bonds. The molecule has 2 aromatic rings. The van der Waals surface area contributed by atoms with Gasteiger partial charge in [0.2, 0.25) is 5.91 Å². The van der Waals surface area contributed by atoms with Crippen LogP contribution >= 0.6 is 15.9 Å². The van der Waals surface area contributed by atoms with Gasteiger partial charge in [-0.25, -0.2) is 0 Å². The van der Waals surface area contributed by atoms with Crippen molar-refractivity contribution in [2.75, 3.05) is 18.4 Å². The molecule has 24 heavy (non-hydrogen) atoms. The van der Waals surface area contributed by atoms with E-state index in [1.165, 1.54) is 11.1 Å². The zero-order chi connectivity index (χ0) is 16.9. The van der Waals surface area contributed by atoms with Crippen molar-refractivity contribution in [1.82, 2.24) is 4.90 Å². The minimum atomic E-state index is 0.108. The van der Waals surface area contributed by atoms with Crippen molar-refractivity contribution in [1.29, 1.82) is 0 Å². The number of aryl methyl sites for hydroxylation is 1. The highest BCUT2D eigenvalue weighted by atomic mass is 79.9. The minimum Gasteiger partial charge on any atom is -0.326 e. The summed E-state index contributed by atoms with van der Waals surface area (Å²) >= 11 is 3.44. The molecule has 0 unspecified atom stereocenters. The summed E-state index contributed by atoms with van der Waals surface area (Å²) in [6.07, 6.45) is 1.84. The predicted molar refractivity (Wildman–Crippen MR) is 102 cm³/mol. The molecule has 1 aliphatic rings. The first-order valence-electron chi connectivity index (χ1n) is 8.45. The number of anilines is 1. The van der Waals surface area contributed by atoms with Crippen LogP contribution in [0.4, 0.5) is 5.69 Å². The van der Waals surface area contributed by atoms with E-state index in [1.54, 1.807) is 0 Å². The van der Waals surface area contributed by atoms with Gasteiger partial charge in [-0.15, -0.1) is 0 Å². The fourth-order valence-electron chi connectivity index (χ4n) is 3.19. The van der Waals surface area contributed by atoms with Crippen LogP contribution < -0.4 is 5.32 Å². The van der Waals surface area contributed by atoms with Gasteiger partial charge in [0, 0.05) is 22.6 Å². The lowest BCUT2D eigenvalue weighted by Gasteiger charge is -2.31. The first-order chi connectivity index (χ1) is 11.6. The van der Waals surface area contributed by atoms with Crippen LogP contribution in [0.2, 0.25) is 0 Å². The number of benzene rings is 2. The van der Waals surface area contributed by atoms with E-state index < -0.39 is 0 Å². The van der Waals surface area contributed by atoms with Crippen molar-refractivity contribution in [2.24, 2.45) is 5.92 Å². The molecule has 1 heterocycles. The van der Waals surface area contributed by atoms with Gasteiger partial charge < -0.3 is 5.32 Å². The molecule has 0 atom stereocenters. The second-order valence-corrected chi connectivity index (χ2v) is 7.39. The fourth-order valence-corrected chi connectivity index (χ4v) is 3.59. The standard InChI is InChI=1S/C20H23BrN2O/c1-15-5-2-3-6-17(15)14-23-11-9-16(10-12-23)20(24)22-19-8-4-7-18(21)13-19/h2-8,13,16H,9-12,14H2,1H3,(H,22,24). The number of carbonyl (C=O) groups is 1. The molecule has 1 aliphatic heterocycles. The summed E-state index contributed by atoms with van der Waals surface area (Å²) in [5, 5.41) is 3.04. The molecule has 0 radical (unpaired) electrons. The maximum Gasteiger partial charge on any atom is 0.227 e. The van der Waals surface area contributed by atoms with E-state index in [0.717, 1.165) is 42.6 Å². The molecular formula is C20H23BrN2O. The molecule has 1 N–H and O–H groups in total. The summed E-state index contributed by atoms with van der Waals surface area (Å²) in [6.45, 7) is 5.09. The van der Waals surface area contributed by atoms with Crippen LogP contribution in [-0.4, -0.2) is 23.9 Å². The molecule has 0 saturated carbocycles. The Morgan fingerprint density at radius 3 is 2.62 bits per heavy atom. The maximum absolute atomic E-state index is 12.5. The lowest BCUT2D eigenvalue weighted by molar-refractivity contribution is -0.121. The number of hydrogen-bond donors (Lipinski definition) is 1. The van der Waals surface area contributed by atoms with E-state index in [0.29, 0.717) is 0 Å². The normalized spacial score (nSPS) is 16.1. The lowest BCUT2D eigenvalue weighted by Crippen LogP contribution is -2.37. The number of carbonyl (C=O) groups excluding carboxylic acids is 1. The third-order valence-electron chi connectivity index (χ3n) is 4.71. The van der Waals surface area contributed by atoms with Gasteiger partial charge in [0.1, 0.15) is 0 Å². The Labute approximate surface area is 152 Å². The van der Waals surface area contributed by atoms with E-state index in [9.17, 15) is 4.79 Å². The van der Waals surface area contributed by atoms with Crippen molar-refractivity contribution < 1.29 is 4.79 Å². The molecule has 0 bridgehead atoms. The highest BCUT2D eigenvalue weighted by Gasteiger charge is 2.25. The first-order valence-corrected chi connectivity index (χ1v) is 9.24. The van der Waals surface area contributed by atoms with Gasteiger partial charge in [-0.05, 0) is 62.2 Å². The van der Waals surface area contributed by atoms with Crippen LogP contribution in [-0.2, 0) is 11.3 Å². The predicted octanol–water partition coefficient (Wildman–Crippen LogP) is 4.61. The summed E-state index contributed by atoms with van der Waals surface area (Å²) in [6, 6.07) is 16.3. The van der Waals surface area contributed by atoms with Crippen LogP contribution in [0.5, 0.6) is 0 Å². The van der Waals surface area contributed by atoms with Crippen LogP contribution in [0.3, 0.4) is 0 Å². The largest absolute Gasteiger partial charge is 0.326 e. The Kier molecular flexibility index (Phi) is 5.69. The maximum atomic E-state index is 12.5. The van der Waals surface area contributed by atoms with E-state index in [-0.39, 0.29) is 11.8 Å². The zero-order valence-corrected chi connectivity index (χ0v) is 15.6. The smallest absolute Gasteiger partial charge is 0.227 e. The summed E-state index contributed by atoms with van der Waals surface area (Å²) < 4.78 is 0.980. The van der Waals surface area contributed by atoms with Crippen molar-refractivity contribution in [3.63, 3.8) is 0 Å². The van der Waals surface area contributed by atoms with Gasteiger partial charge in [-0.2, -0.15) is 0 Å². The Bertz CT molecular complexity index is 708. The number of hydrogen-bond acceptors (Lipinski definition) is 2. The van der Waals surface area contributed by atoms with Crippen molar-refractivity contribution in [3.8, 4) is 0 Å². The van der Waals surface area contributed by atoms with E-state index in [2.05, 4.69) is 57.3 Å². The summed E-state index contributed by atoms with van der Waals surface area (Å²) in [5.41, 5.74) is 3.58. The van der Waals surface area contributed by atoms with Crippen LogP contribution in [0.1, 0.15) is 24.0 Å². The molecular weight excluding hydrogens is 364 g/mol. The van der Waals surface area contributed by atoms with Crippen molar-refractivity contribution in [3.05, 3.63) is 64.1 Å². The molecule has 4 heteroatoms. The van der Waals surface area contributed by atoms with Crippen molar-refractivity contribution in [2.45, 2.75) is 26.3 Å². The van der Waals surface area contributed by atoms with E-state index in [1.807, 2.05) is 24.3 Å². The molecule has 2 aromatic carbocycles. The van der Waals surface area contributed by atoms with Gasteiger partial charge in [0.25, 0.3) is 0 Å². The second kappa shape index (κ2) is 7.95. The van der Waals surface area contributed by atoms with Crippen LogP contribution in [0, 0.1) is 12.8 Å². The number of nitrogens with zero attached hydrogens (tertiary/aromatic N) is 1. The number of rotatable bonds is 4. The molecule has 1 fully saturated rings. The quantitative estimate of drug-likeness (QED) is 0.831. The first kappa shape index (κ1) is 17.2. The van der Waals surface area contributed by atoms with Gasteiger partial charge in [-0.1, -0.05) is 46.3 Å². The van der Waals surface area contributed by atoms with Gasteiger partial charge in [-0.3, -0.25) is 9.69 Å². The monoisotopic (exact) mass is 386 g/mol. The number of likely N-dealkylation sites (tertiary alicyclic amines) is 1. The minimum absolute atomic E-state index is 0.108. The van der Waals surface area contributed by atoms with E-state index in [4.69, 9.17) is 0 Å². The summed E-state index contributed by atoms with van der Waals surface area (Å²) in [7, 11) is 0. The van der Waals surface area contributed by atoms with Gasteiger partial charge >= 0.3 is 0 Å². The molecule has 3 nitrogen and oxygen atoms in total. The molecule has 126 valence electrons. The second-order valence-electron chi connectivity index (χ2n) is 6.48. The molecule has 0 spiro atoms. The van der Waals surface area contributed by atoms with Gasteiger partial charge in [0.15, 0.2) is 0 Å². The number of nitrogens with one attached hydrogen (secondary N) is 1. The Morgan fingerprint density at radius 2 is 1.92 bits per heavy atom. The van der Waals surface area contributed by atoms with Gasteiger partial charge in [0.05, 0.1) is 0 Å². The molecule has 1 saturated heterocycles. The highest BCUT2D eigenvalue weighted by Crippen LogP contribution is 2.22. The number of piperidine rings is 1. The SMILES string of the molecule is Cc1ccccc1CN1CCC(C(=O)Nc2cccc(Br)c2)CC1. The van der Waals surface area contributed by atoms with Crippen molar-refractivity contribution >= 4 is 27.5 Å². The summed E-state index contributed by atoms with van der Waals surface area (Å²) in [5.74, 6) is 0.251. The fraction of sp³-hybridized carbons (Fsp3) is 0.350. The molecule has 0 aromatic heterocycles. The number of halogens is 1. The Morgan fingerprint density at radius 1 is 1.17 bits per heavy atom. The lowest BCUT2D eigenvalue weighted by atomic mass is 9.95. The average Bonchev–Trinajstić information content (AvgIpc) is 2.57. The topological polar surface area (TPSA) is 32.3 Å². The third kappa shape index (κ3) is 4.46. The molecule has 3 rings (SSSR count). The van der Waals surface area contributed by atoms with Crippen LogP contribution in [0.15, 0.2) is 53.0 Å². The zero-order valence-electron chi connectivity index (χ0n) is 14.0. The average molecular weight is 387 g/mol. The third-order valence-corrected chi connectivity index (χ3v) is 5.20. The van der Waals surface area contributed by atoms with Crippen LogP contribution in [0.25, 0.3) is 0 Å². The molecule has 0 aliphatic carbocycles. The number of amides is 1.